The van der Waals surface area contributed by atoms with Gasteiger partial charge in [0.1, 0.15) is 0 Å². The molecule has 0 atom stereocenters. The summed E-state index contributed by atoms with van der Waals surface area (Å²) < 4.78 is 0. The van der Waals surface area contributed by atoms with E-state index in [0.717, 1.165) is 32.7 Å². The summed E-state index contributed by atoms with van der Waals surface area (Å²) in [5, 5.41) is 11.3. The van der Waals surface area contributed by atoms with Crippen LogP contribution in [-0.4, -0.2) is 29.3 Å². The van der Waals surface area contributed by atoms with Gasteiger partial charge in [0, 0.05) is 38.6 Å². The van der Waals surface area contributed by atoms with Gasteiger partial charge in [-0.25, -0.2) is 5.43 Å². The van der Waals surface area contributed by atoms with Crippen LogP contribution in [0.1, 0.15) is 5.56 Å². The van der Waals surface area contributed by atoms with Gasteiger partial charge in [0.2, 0.25) is 0 Å². The van der Waals surface area contributed by atoms with Crippen molar-refractivity contribution in [2.45, 2.75) is 4.90 Å². The summed E-state index contributed by atoms with van der Waals surface area (Å²) >= 11 is 7.68. The minimum absolute atomic E-state index is 0.480. The van der Waals surface area contributed by atoms with E-state index in [-0.39, 0.29) is 0 Å². The Labute approximate surface area is 205 Å². The number of anilines is 3. The van der Waals surface area contributed by atoms with Gasteiger partial charge in [-0.3, -0.25) is 14.6 Å². The zero-order valence-corrected chi connectivity index (χ0v) is 19.7. The number of aromatic nitrogens is 1. The van der Waals surface area contributed by atoms with Crippen LogP contribution in [-0.2, 0) is 9.59 Å². The normalized spacial score (nSPS) is 10.9. The van der Waals surface area contributed by atoms with Crippen LogP contribution in [0.2, 0.25) is 5.02 Å². The number of rotatable bonds is 6. The molecule has 170 valence electrons. The molecule has 0 bridgehead atoms. The number of amides is 2. The maximum atomic E-state index is 12.2. The fourth-order valence-corrected chi connectivity index (χ4v) is 3.69. The number of carbonyl (C=O) groups excluding carboxylic acids is 2. The summed E-state index contributed by atoms with van der Waals surface area (Å²) in [6.07, 6.45) is 5.17. The standard InChI is InChI=1S/C25H20ClN5O2S/c1-34-20-9-2-16(3-10-20)15-28-31-25(33)24(32)30-19-7-5-18(6-8-19)29-22-12-13-27-23-14-17(26)4-11-21(22)23/h2-15H,1H3,(H,27,29)(H,30,32)(H,31,33)/b28-15+. The summed E-state index contributed by atoms with van der Waals surface area (Å²) in [5.41, 5.74) is 5.99. The lowest BCUT2D eigenvalue weighted by Crippen LogP contribution is -2.32. The van der Waals surface area contributed by atoms with E-state index in [2.05, 4.69) is 26.1 Å². The Morgan fingerprint density at radius 1 is 0.941 bits per heavy atom. The van der Waals surface area contributed by atoms with E-state index in [1.165, 1.54) is 6.21 Å². The predicted octanol–water partition coefficient (Wildman–Crippen LogP) is 5.44. The van der Waals surface area contributed by atoms with E-state index in [9.17, 15) is 9.59 Å². The van der Waals surface area contributed by atoms with Crippen molar-refractivity contribution in [1.29, 1.82) is 0 Å². The number of nitrogens with one attached hydrogen (secondary N) is 3. The zero-order chi connectivity index (χ0) is 23.9. The van der Waals surface area contributed by atoms with Crippen molar-refractivity contribution < 1.29 is 9.59 Å². The number of benzene rings is 3. The summed E-state index contributed by atoms with van der Waals surface area (Å²) in [6.45, 7) is 0. The Bertz CT molecular complexity index is 1360. The van der Waals surface area contributed by atoms with Crippen molar-refractivity contribution >= 4 is 69.4 Å². The van der Waals surface area contributed by atoms with Crippen molar-refractivity contribution in [3.63, 3.8) is 0 Å². The molecule has 3 N–H and O–H groups in total. The summed E-state index contributed by atoms with van der Waals surface area (Å²) in [5.74, 6) is -1.67. The monoisotopic (exact) mass is 489 g/mol. The molecule has 0 aliphatic rings. The van der Waals surface area contributed by atoms with Crippen molar-refractivity contribution in [2.24, 2.45) is 5.10 Å². The van der Waals surface area contributed by atoms with Crippen LogP contribution in [0.4, 0.5) is 17.1 Å². The Morgan fingerprint density at radius 2 is 1.68 bits per heavy atom. The number of hydrogen-bond donors (Lipinski definition) is 3. The SMILES string of the molecule is CSc1ccc(/C=N/NC(=O)C(=O)Nc2ccc(Nc3ccnc4cc(Cl)ccc34)cc2)cc1. The molecular formula is C25H20ClN5O2S. The lowest BCUT2D eigenvalue weighted by molar-refractivity contribution is -0.136. The molecule has 0 aliphatic carbocycles. The van der Waals surface area contributed by atoms with Gasteiger partial charge in [0.05, 0.1) is 11.7 Å². The van der Waals surface area contributed by atoms with Crippen LogP contribution in [0, 0.1) is 0 Å². The second-order valence-corrected chi connectivity index (χ2v) is 8.46. The zero-order valence-electron chi connectivity index (χ0n) is 18.1. The van der Waals surface area contributed by atoms with Gasteiger partial charge in [0.25, 0.3) is 0 Å². The molecule has 0 saturated carbocycles. The highest BCUT2D eigenvalue weighted by molar-refractivity contribution is 7.98. The topological polar surface area (TPSA) is 95.5 Å². The summed E-state index contributed by atoms with van der Waals surface area (Å²) in [4.78, 5) is 29.6. The van der Waals surface area contributed by atoms with Crippen LogP contribution in [0.3, 0.4) is 0 Å². The second-order valence-electron chi connectivity index (χ2n) is 7.15. The third-order valence-electron chi connectivity index (χ3n) is 4.83. The van der Waals surface area contributed by atoms with Crippen molar-refractivity contribution in [3.05, 3.63) is 89.6 Å². The average Bonchev–Trinajstić information content (AvgIpc) is 2.85. The van der Waals surface area contributed by atoms with E-state index in [0.29, 0.717) is 10.7 Å². The van der Waals surface area contributed by atoms with Crippen molar-refractivity contribution in [3.8, 4) is 0 Å². The highest BCUT2D eigenvalue weighted by Crippen LogP contribution is 2.27. The third kappa shape index (κ3) is 5.92. The smallest absolute Gasteiger partial charge is 0.329 e. The molecule has 0 saturated heterocycles. The summed E-state index contributed by atoms with van der Waals surface area (Å²) in [6, 6.07) is 22.0. The van der Waals surface area contributed by atoms with Crippen LogP contribution < -0.4 is 16.1 Å². The highest BCUT2D eigenvalue weighted by atomic mass is 35.5. The first-order valence-electron chi connectivity index (χ1n) is 10.2. The van der Waals surface area contributed by atoms with Gasteiger partial charge in [-0.2, -0.15) is 5.10 Å². The van der Waals surface area contributed by atoms with Gasteiger partial charge in [-0.1, -0.05) is 23.7 Å². The Balaban J connectivity index is 1.33. The molecule has 0 spiro atoms. The number of carbonyl (C=O) groups is 2. The lowest BCUT2D eigenvalue weighted by atomic mass is 10.2. The molecule has 9 heteroatoms. The number of thioether (sulfide) groups is 1. The Kier molecular flexibility index (Phi) is 7.41. The first-order chi connectivity index (χ1) is 16.5. The number of nitrogens with zero attached hydrogens (tertiary/aromatic N) is 2. The molecule has 1 aromatic heterocycles. The number of hydrogen-bond acceptors (Lipinski definition) is 6. The minimum Gasteiger partial charge on any atom is -0.355 e. The molecule has 0 radical (unpaired) electrons. The molecule has 0 fully saturated rings. The van der Waals surface area contributed by atoms with E-state index >= 15 is 0 Å². The van der Waals surface area contributed by atoms with Gasteiger partial charge >= 0.3 is 11.8 Å². The van der Waals surface area contributed by atoms with Crippen LogP contribution in [0.5, 0.6) is 0 Å². The molecule has 7 nitrogen and oxygen atoms in total. The second kappa shape index (κ2) is 10.8. The molecule has 3 aromatic carbocycles. The first-order valence-corrected chi connectivity index (χ1v) is 11.8. The largest absolute Gasteiger partial charge is 0.355 e. The molecule has 2 amide bonds. The highest BCUT2D eigenvalue weighted by Gasteiger charge is 2.13. The minimum atomic E-state index is -0.860. The maximum absolute atomic E-state index is 12.2. The fraction of sp³-hybridized carbons (Fsp3) is 0.0400. The van der Waals surface area contributed by atoms with Crippen molar-refractivity contribution in [1.82, 2.24) is 10.4 Å². The van der Waals surface area contributed by atoms with Gasteiger partial charge < -0.3 is 10.6 Å². The van der Waals surface area contributed by atoms with E-state index < -0.39 is 11.8 Å². The number of hydrazone groups is 1. The number of pyridine rings is 1. The van der Waals surface area contributed by atoms with Crippen LogP contribution in [0.15, 0.2) is 89.0 Å². The van der Waals surface area contributed by atoms with Crippen LogP contribution >= 0.6 is 23.4 Å². The molecule has 4 rings (SSSR count). The Hall–Kier alpha value is -3.88. The van der Waals surface area contributed by atoms with Gasteiger partial charge in [-0.05, 0) is 72.5 Å². The molecule has 1 heterocycles. The maximum Gasteiger partial charge on any atom is 0.329 e. The van der Waals surface area contributed by atoms with Crippen LogP contribution in [0.25, 0.3) is 10.9 Å². The molecule has 4 aromatic rings. The molecule has 34 heavy (non-hydrogen) atoms. The van der Waals surface area contributed by atoms with E-state index in [4.69, 9.17) is 11.6 Å². The third-order valence-corrected chi connectivity index (χ3v) is 5.81. The number of fused-ring (bicyclic) bond motifs is 1. The Morgan fingerprint density at radius 3 is 2.41 bits per heavy atom. The average molecular weight is 490 g/mol. The first kappa shape index (κ1) is 23.3. The molecule has 0 aliphatic heterocycles. The quantitative estimate of drug-likeness (QED) is 0.145. The van der Waals surface area contributed by atoms with Gasteiger partial charge in [0.15, 0.2) is 0 Å². The van der Waals surface area contributed by atoms with Crippen molar-refractivity contribution in [2.75, 3.05) is 16.9 Å². The van der Waals surface area contributed by atoms with Gasteiger partial charge in [-0.15, -0.1) is 11.8 Å². The fourth-order valence-electron chi connectivity index (χ4n) is 3.12. The van der Waals surface area contributed by atoms with E-state index in [1.807, 2.05) is 48.7 Å². The predicted molar refractivity (Wildman–Crippen MR) is 139 cm³/mol. The summed E-state index contributed by atoms with van der Waals surface area (Å²) in [7, 11) is 0. The van der Waals surface area contributed by atoms with E-state index in [1.54, 1.807) is 48.3 Å². The lowest BCUT2D eigenvalue weighted by Gasteiger charge is -2.11. The molecule has 0 unspecified atom stereocenters. The number of halogens is 1. The molecular weight excluding hydrogens is 470 g/mol.